The fourth-order valence-electron chi connectivity index (χ4n) is 1.38. The Kier molecular flexibility index (Phi) is 5.83. The summed E-state index contributed by atoms with van der Waals surface area (Å²) in [7, 11) is 1.82. The Hall–Kier alpha value is -1.23. The zero-order valence-electron chi connectivity index (χ0n) is 10.5. The van der Waals surface area contributed by atoms with E-state index in [1.54, 1.807) is 24.0 Å². The van der Waals surface area contributed by atoms with E-state index in [9.17, 15) is 4.79 Å². The third kappa shape index (κ3) is 4.65. The van der Waals surface area contributed by atoms with Crippen LogP contribution in [0, 0.1) is 5.92 Å². The molecule has 0 aromatic carbocycles. The molecule has 1 aromatic rings. The average Bonchev–Trinajstić information content (AvgIpc) is 2.36. The summed E-state index contributed by atoms with van der Waals surface area (Å²) in [6.45, 7) is 2.81. The number of nitrogens with one attached hydrogen (secondary N) is 2. The van der Waals surface area contributed by atoms with Gasteiger partial charge in [-0.1, -0.05) is 6.92 Å². The van der Waals surface area contributed by atoms with Crippen LogP contribution in [0.5, 0.6) is 0 Å². The second-order valence-electron chi connectivity index (χ2n) is 3.95. The van der Waals surface area contributed by atoms with Crippen molar-refractivity contribution in [3.8, 4) is 0 Å². The standard InChI is InChI=1S/C12H19N3OS/c1-9(8-17-3)6-15-12(16)11-5-4-10(13-2)7-14-11/h4-5,7,9,13H,6,8H2,1-3H3,(H,15,16). The first-order valence-corrected chi connectivity index (χ1v) is 6.97. The van der Waals surface area contributed by atoms with Crippen LogP contribution in [0.3, 0.4) is 0 Å². The molecule has 0 saturated carbocycles. The van der Waals surface area contributed by atoms with Gasteiger partial charge in [0.1, 0.15) is 5.69 Å². The summed E-state index contributed by atoms with van der Waals surface area (Å²) < 4.78 is 0. The molecule has 1 aromatic heterocycles. The maximum absolute atomic E-state index is 11.8. The van der Waals surface area contributed by atoms with Crippen LogP contribution in [0.1, 0.15) is 17.4 Å². The molecule has 0 spiro atoms. The smallest absolute Gasteiger partial charge is 0.269 e. The Morgan fingerprint density at radius 2 is 2.29 bits per heavy atom. The molecular weight excluding hydrogens is 234 g/mol. The molecule has 1 rings (SSSR count). The summed E-state index contributed by atoms with van der Waals surface area (Å²) in [6, 6.07) is 3.56. The van der Waals surface area contributed by atoms with E-state index in [4.69, 9.17) is 0 Å². The predicted molar refractivity (Wildman–Crippen MR) is 73.7 cm³/mol. The number of pyridine rings is 1. The summed E-state index contributed by atoms with van der Waals surface area (Å²) in [5, 5.41) is 5.85. The molecule has 5 heteroatoms. The van der Waals surface area contributed by atoms with Crippen LogP contribution in [0.15, 0.2) is 18.3 Å². The van der Waals surface area contributed by atoms with Crippen molar-refractivity contribution in [3.63, 3.8) is 0 Å². The van der Waals surface area contributed by atoms with Gasteiger partial charge < -0.3 is 10.6 Å². The van der Waals surface area contributed by atoms with E-state index in [2.05, 4.69) is 28.8 Å². The first-order valence-electron chi connectivity index (χ1n) is 5.58. The molecule has 0 aliphatic carbocycles. The SMILES string of the molecule is CNc1ccc(C(=O)NCC(C)CSC)nc1. The minimum Gasteiger partial charge on any atom is -0.387 e. The van der Waals surface area contributed by atoms with Crippen molar-refractivity contribution < 1.29 is 4.79 Å². The average molecular weight is 253 g/mol. The van der Waals surface area contributed by atoms with E-state index in [-0.39, 0.29) is 5.91 Å². The van der Waals surface area contributed by atoms with Crippen LogP contribution in [-0.2, 0) is 0 Å². The molecule has 0 fully saturated rings. The quantitative estimate of drug-likeness (QED) is 0.812. The highest BCUT2D eigenvalue weighted by molar-refractivity contribution is 7.98. The number of hydrogen-bond acceptors (Lipinski definition) is 4. The van der Waals surface area contributed by atoms with Gasteiger partial charge in [0, 0.05) is 13.6 Å². The zero-order valence-corrected chi connectivity index (χ0v) is 11.3. The van der Waals surface area contributed by atoms with Crippen molar-refractivity contribution in [3.05, 3.63) is 24.0 Å². The monoisotopic (exact) mass is 253 g/mol. The fourth-order valence-corrected chi connectivity index (χ4v) is 2.06. The lowest BCUT2D eigenvalue weighted by Crippen LogP contribution is -2.29. The third-order valence-electron chi connectivity index (χ3n) is 2.35. The molecule has 2 N–H and O–H groups in total. The lowest BCUT2D eigenvalue weighted by Gasteiger charge is -2.10. The summed E-state index contributed by atoms with van der Waals surface area (Å²) >= 11 is 1.79. The van der Waals surface area contributed by atoms with Gasteiger partial charge in [-0.3, -0.25) is 4.79 Å². The summed E-state index contributed by atoms with van der Waals surface area (Å²) in [5.41, 5.74) is 1.36. The minimum absolute atomic E-state index is 0.111. The normalized spacial score (nSPS) is 11.9. The highest BCUT2D eigenvalue weighted by atomic mass is 32.2. The van der Waals surface area contributed by atoms with Crippen molar-refractivity contribution in [1.82, 2.24) is 10.3 Å². The van der Waals surface area contributed by atoms with Gasteiger partial charge in [-0.25, -0.2) is 4.98 Å². The first kappa shape index (κ1) is 13.8. The highest BCUT2D eigenvalue weighted by Crippen LogP contribution is 2.06. The van der Waals surface area contributed by atoms with Crippen LogP contribution >= 0.6 is 11.8 Å². The van der Waals surface area contributed by atoms with E-state index in [1.807, 2.05) is 13.1 Å². The highest BCUT2D eigenvalue weighted by Gasteiger charge is 2.08. The number of hydrogen-bond donors (Lipinski definition) is 2. The molecule has 17 heavy (non-hydrogen) atoms. The number of nitrogens with zero attached hydrogens (tertiary/aromatic N) is 1. The Labute approximate surface area is 107 Å². The van der Waals surface area contributed by atoms with Gasteiger partial charge in [-0.05, 0) is 30.1 Å². The van der Waals surface area contributed by atoms with Crippen LogP contribution in [-0.4, -0.2) is 36.5 Å². The number of amides is 1. The molecule has 0 radical (unpaired) electrons. The van der Waals surface area contributed by atoms with Gasteiger partial charge in [0.2, 0.25) is 0 Å². The van der Waals surface area contributed by atoms with Crippen molar-refractivity contribution in [1.29, 1.82) is 0 Å². The topological polar surface area (TPSA) is 54.0 Å². The van der Waals surface area contributed by atoms with E-state index in [1.165, 1.54) is 0 Å². The van der Waals surface area contributed by atoms with Crippen LogP contribution < -0.4 is 10.6 Å². The van der Waals surface area contributed by atoms with Crippen LogP contribution in [0.25, 0.3) is 0 Å². The Morgan fingerprint density at radius 3 is 2.82 bits per heavy atom. The van der Waals surface area contributed by atoms with E-state index in [0.717, 1.165) is 11.4 Å². The largest absolute Gasteiger partial charge is 0.387 e. The molecule has 94 valence electrons. The van der Waals surface area contributed by atoms with Crippen molar-refractivity contribution in [2.24, 2.45) is 5.92 Å². The van der Waals surface area contributed by atoms with Gasteiger partial charge in [0.25, 0.3) is 5.91 Å². The molecule has 4 nitrogen and oxygen atoms in total. The Morgan fingerprint density at radius 1 is 1.53 bits per heavy atom. The zero-order chi connectivity index (χ0) is 12.7. The van der Waals surface area contributed by atoms with Crippen molar-refractivity contribution >= 4 is 23.4 Å². The molecule has 0 aliphatic rings. The summed E-state index contributed by atoms with van der Waals surface area (Å²) in [6.07, 6.45) is 3.72. The third-order valence-corrected chi connectivity index (χ3v) is 3.25. The first-order chi connectivity index (χ1) is 8.17. The Balaban J connectivity index is 2.46. The second-order valence-corrected chi connectivity index (χ2v) is 4.86. The lowest BCUT2D eigenvalue weighted by atomic mass is 10.2. The van der Waals surface area contributed by atoms with Crippen LogP contribution in [0.2, 0.25) is 0 Å². The molecule has 1 unspecified atom stereocenters. The molecule has 1 heterocycles. The number of thioether (sulfide) groups is 1. The lowest BCUT2D eigenvalue weighted by molar-refractivity contribution is 0.0944. The fraction of sp³-hybridized carbons (Fsp3) is 0.500. The van der Waals surface area contributed by atoms with E-state index >= 15 is 0 Å². The van der Waals surface area contributed by atoms with Gasteiger partial charge >= 0.3 is 0 Å². The number of anilines is 1. The van der Waals surface area contributed by atoms with Crippen molar-refractivity contribution in [2.45, 2.75) is 6.92 Å². The molecule has 1 atom stereocenters. The molecule has 0 saturated heterocycles. The number of carbonyl (C=O) groups is 1. The maximum atomic E-state index is 11.8. The maximum Gasteiger partial charge on any atom is 0.269 e. The van der Waals surface area contributed by atoms with Gasteiger partial charge in [0.05, 0.1) is 11.9 Å². The number of aromatic nitrogens is 1. The van der Waals surface area contributed by atoms with E-state index < -0.39 is 0 Å². The van der Waals surface area contributed by atoms with Gasteiger partial charge in [0.15, 0.2) is 0 Å². The van der Waals surface area contributed by atoms with Crippen molar-refractivity contribution in [2.75, 3.05) is 30.9 Å². The molecular formula is C12H19N3OS. The molecule has 1 amide bonds. The predicted octanol–water partition coefficient (Wildman–Crippen LogP) is 1.85. The number of rotatable bonds is 6. The van der Waals surface area contributed by atoms with Crippen LogP contribution in [0.4, 0.5) is 5.69 Å². The minimum atomic E-state index is -0.111. The second kappa shape index (κ2) is 7.17. The molecule has 0 aliphatic heterocycles. The molecule has 0 bridgehead atoms. The van der Waals surface area contributed by atoms with E-state index in [0.29, 0.717) is 18.2 Å². The van der Waals surface area contributed by atoms with Gasteiger partial charge in [-0.2, -0.15) is 11.8 Å². The Bertz CT molecular complexity index is 353. The summed E-state index contributed by atoms with van der Waals surface area (Å²) in [4.78, 5) is 15.8. The number of carbonyl (C=O) groups excluding carboxylic acids is 1. The van der Waals surface area contributed by atoms with Gasteiger partial charge in [-0.15, -0.1) is 0 Å². The summed E-state index contributed by atoms with van der Waals surface area (Å²) in [5.74, 6) is 1.41.